The van der Waals surface area contributed by atoms with E-state index in [2.05, 4.69) is 33.0 Å². The highest BCUT2D eigenvalue weighted by molar-refractivity contribution is 6.30. The molecule has 3 heteroatoms. The topological polar surface area (TPSA) is 12.0 Å². The lowest BCUT2D eigenvalue weighted by atomic mass is 9.84. The van der Waals surface area contributed by atoms with E-state index in [1.165, 1.54) is 0 Å². The van der Waals surface area contributed by atoms with E-state index in [0.29, 0.717) is 11.8 Å². The molecule has 0 heterocycles. The lowest BCUT2D eigenvalue weighted by molar-refractivity contribution is 0.384. The van der Waals surface area contributed by atoms with Crippen LogP contribution in [0.25, 0.3) is 0 Å². The van der Waals surface area contributed by atoms with E-state index < -0.39 is 0 Å². The standard InChI is InChI=1S/C17H27ClFN/c1-5-7-13(4)15(11-20-10-12(2)3)14-8-6-9-16(18)17(14)19/h6,8-9,12-13,15,20H,5,7,10-11H2,1-4H3. The normalized spacial score (nSPS) is 14.6. The molecule has 0 fully saturated rings. The van der Waals surface area contributed by atoms with Gasteiger partial charge in [0.25, 0.3) is 0 Å². The van der Waals surface area contributed by atoms with Crippen LogP contribution in [0, 0.1) is 17.7 Å². The van der Waals surface area contributed by atoms with Gasteiger partial charge < -0.3 is 5.32 Å². The van der Waals surface area contributed by atoms with Gasteiger partial charge in [0.1, 0.15) is 5.82 Å². The van der Waals surface area contributed by atoms with Gasteiger partial charge in [0.2, 0.25) is 0 Å². The molecule has 1 aromatic carbocycles. The number of halogens is 2. The van der Waals surface area contributed by atoms with E-state index in [9.17, 15) is 4.39 Å². The molecule has 1 aromatic rings. The van der Waals surface area contributed by atoms with Gasteiger partial charge in [-0.3, -0.25) is 0 Å². The van der Waals surface area contributed by atoms with Gasteiger partial charge >= 0.3 is 0 Å². The Hall–Kier alpha value is -0.600. The molecule has 114 valence electrons. The SMILES string of the molecule is CCCC(C)C(CNCC(C)C)c1cccc(Cl)c1F. The van der Waals surface area contributed by atoms with Crippen LogP contribution in [0.15, 0.2) is 18.2 Å². The van der Waals surface area contributed by atoms with Crippen LogP contribution in [0.5, 0.6) is 0 Å². The van der Waals surface area contributed by atoms with Crippen molar-refractivity contribution in [3.63, 3.8) is 0 Å². The molecule has 0 amide bonds. The zero-order chi connectivity index (χ0) is 15.1. The molecule has 0 aliphatic rings. The first-order chi connectivity index (χ1) is 9.47. The van der Waals surface area contributed by atoms with E-state index in [-0.39, 0.29) is 16.8 Å². The summed E-state index contributed by atoms with van der Waals surface area (Å²) >= 11 is 5.93. The second-order valence-electron chi connectivity index (χ2n) is 6.07. The summed E-state index contributed by atoms with van der Waals surface area (Å²) in [6.07, 6.45) is 2.21. The Morgan fingerprint density at radius 1 is 1.20 bits per heavy atom. The van der Waals surface area contributed by atoms with Crippen molar-refractivity contribution in [2.24, 2.45) is 11.8 Å². The van der Waals surface area contributed by atoms with Gasteiger partial charge in [-0.15, -0.1) is 0 Å². The van der Waals surface area contributed by atoms with Crippen LogP contribution in [-0.4, -0.2) is 13.1 Å². The minimum Gasteiger partial charge on any atom is -0.316 e. The summed E-state index contributed by atoms with van der Waals surface area (Å²) in [5.74, 6) is 0.954. The lowest BCUT2D eigenvalue weighted by Gasteiger charge is -2.26. The average molecular weight is 300 g/mol. The minimum atomic E-state index is -0.256. The summed E-state index contributed by atoms with van der Waals surface area (Å²) in [5, 5.41) is 3.68. The maximum Gasteiger partial charge on any atom is 0.145 e. The first kappa shape index (κ1) is 17.5. The number of benzene rings is 1. The average Bonchev–Trinajstić information content (AvgIpc) is 2.38. The van der Waals surface area contributed by atoms with Crippen molar-refractivity contribution in [3.8, 4) is 0 Å². The fraction of sp³-hybridized carbons (Fsp3) is 0.647. The van der Waals surface area contributed by atoms with Gasteiger partial charge in [-0.05, 0) is 30.0 Å². The van der Waals surface area contributed by atoms with Gasteiger partial charge in [-0.25, -0.2) is 4.39 Å². The Morgan fingerprint density at radius 3 is 2.50 bits per heavy atom. The summed E-state index contributed by atoms with van der Waals surface area (Å²) in [4.78, 5) is 0. The molecular formula is C17H27ClFN. The molecule has 0 bridgehead atoms. The number of nitrogens with one attached hydrogen (secondary N) is 1. The van der Waals surface area contributed by atoms with Gasteiger partial charge in [0.15, 0.2) is 0 Å². The van der Waals surface area contributed by atoms with E-state index in [1.54, 1.807) is 6.07 Å². The van der Waals surface area contributed by atoms with Crippen LogP contribution < -0.4 is 5.32 Å². The molecule has 0 aromatic heterocycles. The zero-order valence-corrected chi connectivity index (χ0v) is 13.8. The highest BCUT2D eigenvalue weighted by atomic mass is 35.5. The van der Waals surface area contributed by atoms with Crippen LogP contribution in [0.2, 0.25) is 5.02 Å². The zero-order valence-electron chi connectivity index (χ0n) is 13.0. The van der Waals surface area contributed by atoms with Crippen LogP contribution in [-0.2, 0) is 0 Å². The van der Waals surface area contributed by atoms with Crippen molar-refractivity contribution in [1.82, 2.24) is 5.32 Å². The maximum atomic E-state index is 14.3. The maximum absolute atomic E-state index is 14.3. The van der Waals surface area contributed by atoms with Crippen molar-refractivity contribution < 1.29 is 4.39 Å². The fourth-order valence-corrected chi connectivity index (χ4v) is 2.79. The van der Waals surface area contributed by atoms with Gasteiger partial charge in [0.05, 0.1) is 5.02 Å². The second kappa shape index (κ2) is 8.63. The van der Waals surface area contributed by atoms with Gasteiger partial charge in [-0.2, -0.15) is 0 Å². The molecule has 0 saturated carbocycles. The first-order valence-electron chi connectivity index (χ1n) is 7.61. The van der Waals surface area contributed by atoms with Crippen LogP contribution in [0.1, 0.15) is 52.0 Å². The molecular weight excluding hydrogens is 273 g/mol. The van der Waals surface area contributed by atoms with Crippen molar-refractivity contribution in [3.05, 3.63) is 34.6 Å². The number of rotatable bonds is 8. The Kier molecular flexibility index (Phi) is 7.53. The van der Waals surface area contributed by atoms with Gasteiger partial charge in [0, 0.05) is 12.5 Å². The van der Waals surface area contributed by atoms with Crippen molar-refractivity contribution >= 4 is 11.6 Å². The summed E-state index contributed by atoms with van der Waals surface area (Å²) < 4.78 is 14.3. The third-order valence-corrected chi connectivity index (χ3v) is 4.02. The molecule has 0 spiro atoms. The fourth-order valence-electron chi connectivity index (χ4n) is 2.61. The van der Waals surface area contributed by atoms with E-state index >= 15 is 0 Å². The van der Waals surface area contributed by atoms with Crippen molar-refractivity contribution in [1.29, 1.82) is 0 Å². The Morgan fingerprint density at radius 2 is 1.90 bits per heavy atom. The Labute approximate surface area is 127 Å². The third kappa shape index (κ3) is 5.06. The lowest BCUT2D eigenvalue weighted by Crippen LogP contribution is -2.29. The van der Waals surface area contributed by atoms with E-state index in [4.69, 9.17) is 11.6 Å². The second-order valence-corrected chi connectivity index (χ2v) is 6.47. The molecule has 0 aliphatic heterocycles. The molecule has 0 radical (unpaired) electrons. The molecule has 20 heavy (non-hydrogen) atoms. The highest BCUT2D eigenvalue weighted by Crippen LogP contribution is 2.31. The molecule has 1 nitrogen and oxygen atoms in total. The van der Waals surface area contributed by atoms with Crippen LogP contribution >= 0.6 is 11.6 Å². The minimum absolute atomic E-state index is 0.174. The summed E-state index contributed by atoms with van der Waals surface area (Å²) in [5.41, 5.74) is 0.745. The quantitative estimate of drug-likeness (QED) is 0.692. The predicted molar refractivity (Wildman–Crippen MR) is 85.9 cm³/mol. The van der Waals surface area contributed by atoms with Gasteiger partial charge in [-0.1, -0.05) is 64.3 Å². The van der Waals surface area contributed by atoms with Crippen molar-refractivity contribution in [2.75, 3.05) is 13.1 Å². The molecule has 2 unspecified atom stereocenters. The van der Waals surface area contributed by atoms with Crippen LogP contribution in [0.4, 0.5) is 4.39 Å². The first-order valence-corrected chi connectivity index (χ1v) is 7.99. The molecule has 1 N–H and O–H groups in total. The summed E-state index contributed by atoms with van der Waals surface area (Å²) in [6.45, 7) is 10.5. The van der Waals surface area contributed by atoms with E-state index in [1.807, 2.05) is 12.1 Å². The van der Waals surface area contributed by atoms with Crippen molar-refractivity contribution in [2.45, 2.75) is 46.5 Å². The molecule has 2 atom stereocenters. The molecule has 0 saturated heterocycles. The molecule has 0 aliphatic carbocycles. The summed E-state index contributed by atoms with van der Waals surface area (Å²) in [7, 11) is 0. The Balaban J connectivity index is 2.88. The number of hydrogen-bond donors (Lipinski definition) is 1. The number of hydrogen-bond acceptors (Lipinski definition) is 1. The smallest absolute Gasteiger partial charge is 0.145 e. The largest absolute Gasteiger partial charge is 0.316 e. The highest BCUT2D eigenvalue weighted by Gasteiger charge is 2.22. The Bertz CT molecular complexity index is 406. The van der Waals surface area contributed by atoms with Crippen LogP contribution in [0.3, 0.4) is 0 Å². The van der Waals surface area contributed by atoms with E-state index in [0.717, 1.165) is 31.5 Å². The molecule has 1 rings (SSSR count). The monoisotopic (exact) mass is 299 g/mol. The summed E-state index contributed by atoms with van der Waals surface area (Å²) in [6, 6.07) is 5.33. The third-order valence-electron chi connectivity index (χ3n) is 3.73. The predicted octanol–water partition coefficient (Wildman–Crippen LogP) is 5.24.